The van der Waals surface area contributed by atoms with Crippen LogP contribution < -0.4 is 4.74 Å². The van der Waals surface area contributed by atoms with E-state index < -0.39 is 0 Å². The molecule has 0 bridgehead atoms. The number of β-amino-alcohol motifs (C(OH)–C–C–N with tert-alkyl or cyclic N) is 1. The third kappa shape index (κ3) is 2.46. The van der Waals surface area contributed by atoms with E-state index in [1.807, 2.05) is 0 Å². The third-order valence-electron chi connectivity index (χ3n) is 3.30. The summed E-state index contributed by atoms with van der Waals surface area (Å²) in [6, 6.07) is 3.35. The minimum atomic E-state index is -0.374. The molecule has 1 amide bonds. The van der Waals surface area contributed by atoms with Gasteiger partial charge >= 0.3 is 0 Å². The maximum Gasteiger partial charge on any atom is 0.254 e. The van der Waals surface area contributed by atoms with E-state index in [2.05, 4.69) is 4.98 Å². The molecule has 1 N–H and O–H groups in total. The largest absolute Gasteiger partial charge is 0.477 e. The molecule has 18 heavy (non-hydrogen) atoms. The highest BCUT2D eigenvalue weighted by Crippen LogP contribution is 2.29. The number of ether oxygens (including phenoxy) is 1. The zero-order valence-electron chi connectivity index (χ0n) is 10.1. The van der Waals surface area contributed by atoms with E-state index in [0.717, 1.165) is 0 Å². The molecule has 0 atom stereocenters. The molecule has 0 unspecified atom stereocenters. The molecule has 96 valence electrons. The SMILES string of the molecule is O=C(c1ccnc(OCC2CC2)c1)N1CC(O)C1. The van der Waals surface area contributed by atoms with Crippen molar-refractivity contribution in [1.82, 2.24) is 9.88 Å². The Kier molecular flexibility index (Phi) is 2.91. The Morgan fingerprint density at radius 1 is 1.50 bits per heavy atom. The molecule has 0 aromatic carbocycles. The Morgan fingerprint density at radius 3 is 2.94 bits per heavy atom. The van der Waals surface area contributed by atoms with Crippen LogP contribution in [0.15, 0.2) is 18.3 Å². The first-order chi connectivity index (χ1) is 8.72. The number of nitrogens with zero attached hydrogens (tertiary/aromatic N) is 2. The summed E-state index contributed by atoms with van der Waals surface area (Å²) in [6.07, 6.45) is 3.67. The normalized spacial score (nSPS) is 19.5. The molecule has 2 aliphatic rings. The van der Waals surface area contributed by atoms with E-state index in [1.165, 1.54) is 12.8 Å². The van der Waals surface area contributed by atoms with Crippen LogP contribution in [0.25, 0.3) is 0 Å². The molecular formula is C13H16N2O3. The van der Waals surface area contributed by atoms with Gasteiger partial charge in [0.2, 0.25) is 5.88 Å². The molecule has 1 aliphatic heterocycles. The first-order valence-corrected chi connectivity index (χ1v) is 6.28. The average molecular weight is 248 g/mol. The molecule has 1 aromatic rings. The topological polar surface area (TPSA) is 62.7 Å². The number of aliphatic hydroxyl groups is 1. The first-order valence-electron chi connectivity index (χ1n) is 6.28. The van der Waals surface area contributed by atoms with Gasteiger partial charge < -0.3 is 14.7 Å². The number of likely N-dealkylation sites (tertiary alicyclic amines) is 1. The zero-order chi connectivity index (χ0) is 12.5. The van der Waals surface area contributed by atoms with E-state index in [0.29, 0.717) is 37.1 Å². The van der Waals surface area contributed by atoms with Crippen molar-refractivity contribution in [2.75, 3.05) is 19.7 Å². The molecule has 0 radical (unpaired) electrons. The maximum atomic E-state index is 12.0. The monoisotopic (exact) mass is 248 g/mol. The van der Waals surface area contributed by atoms with Crippen LogP contribution in [0.1, 0.15) is 23.2 Å². The van der Waals surface area contributed by atoms with Gasteiger partial charge in [-0.25, -0.2) is 4.98 Å². The van der Waals surface area contributed by atoms with E-state index in [1.54, 1.807) is 23.2 Å². The molecule has 5 heteroatoms. The van der Waals surface area contributed by atoms with Crippen LogP contribution in [0.4, 0.5) is 0 Å². The lowest BCUT2D eigenvalue weighted by Crippen LogP contribution is -2.53. The van der Waals surface area contributed by atoms with Crippen molar-refractivity contribution in [3.8, 4) is 5.88 Å². The summed E-state index contributed by atoms with van der Waals surface area (Å²) in [5, 5.41) is 9.19. The number of pyridine rings is 1. The van der Waals surface area contributed by atoms with E-state index in [9.17, 15) is 9.90 Å². The van der Waals surface area contributed by atoms with Gasteiger partial charge in [-0.05, 0) is 24.8 Å². The molecule has 3 rings (SSSR count). The molecule has 0 spiro atoms. The number of hydrogen-bond acceptors (Lipinski definition) is 4. The van der Waals surface area contributed by atoms with Crippen molar-refractivity contribution in [1.29, 1.82) is 0 Å². The number of amides is 1. The van der Waals surface area contributed by atoms with Crippen LogP contribution in [-0.2, 0) is 0 Å². The van der Waals surface area contributed by atoms with Crippen LogP contribution in [0.5, 0.6) is 5.88 Å². The Balaban J connectivity index is 1.63. The highest BCUT2D eigenvalue weighted by Gasteiger charge is 2.29. The smallest absolute Gasteiger partial charge is 0.254 e. The summed E-state index contributed by atoms with van der Waals surface area (Å²) in [5.41, 5.74) is 0.572. The van der Waals surface area contributed by atoms with Crippen molar-refractivity contribution in [2.24, 2.45) is 5.92 Å². The number of carbonyl (C=O) groups is 1. The van der Waals surface area contributed by atoms with E-state index >= 15 is 0 Å². The Hall–Kier alpha value is -1.62. The van der Waals surface area contributed by atoms with Gasteiger partial charge in [-0.15, -0.1) is 0 Å². The Labute approximate surface area is 105 Å². The van der Waals surface area contributed by atoms with Gasteiger partial charge in [0.15, 0.2) is 0 Å². The van der Waals surface area contributed by atoms with Crippen LogP contribution in [0.2, 0.25) is 0 Å². The van der Waals surface area contributed by atoms with Gasteiger partial charge in [0.25, 0.3) is 5.91 Å². The second-order valence-electron chi connectivity index (χ2n) is 5.00. The summed E-state index contributed by atoms with van der Waals surface area (Å²) in [4.78, 5) is 17.7. The fourth-order valence-corrected chi connectivity index (χ4v) is 1.91. The summed E-state index contributed by atoms with van der Waals surface area (Å²) in [5.74, 6) is 1.10. The third-order valence-corrected chi connectivity index (χ3v) is 3.30. The van der Waals surface area contributed by atoms with Crippen molar-refractivity contribution in [2.45, 2.75) is 18.9 Å². The number of rotatable bonds is 4. The first kappa shape index (κ1) is 11.5. The van der Waals surface area contributed by atoms with Crippen molar-refractivity contribution in [3.05, 3.63) is 23.9 Å². The van der Waals surface area contributed by atoms with Gasteiger partial charge in [0.1, 0.15) is 0 Å². The minimum Gasteiger partial charge on any atom is -0.477 e. The minimum absolute atomic E-state index is 0.0704. The van der Waals surface area contributed by atoms with Gasteiger partial charge in [-0.1, -0.05) is 0 Å². The molecule has 1 saturated heterocycles. The standard InChI is InChI=1S/C13H16N2O3/c16-11-6-15(7-11)13(17)10-3-4-14-12(5-10)18-8-9-1-2-9/h3-5,9,11,16H,1-2,6-8H2. The van der Waals surface area contributed by atoms with E-state index in [4.69, 9.17) is 4.74 Å². The van der Waals surface area contributed by atoms with E-state index in [-0.39, 0.29) is 12.0 Å². The zero-order valence-corrected chi connectivity index (χ0v) is 10.1. The summed E-state index contributed by atoms with van der Waals surface area (Å²) in [7, 11) is 0. The highest BCUT2D eigenvalue weighted by molar-refractivity contribution is 5.95. The van der Waals surface area contributed by atoms with Gasteiger partial charge in [0, 0.05) is 30.9 Å². The predicted molar refractivity (Wildman–Crippen MR) is 64.4 cm³/mol. The summed E-state index contributed by atoms with van der Waals surface area (Å²) in [6.45, 7) is 1.52. The number of aliphatic hydroxyl groups excluding tert-OH is 1. The number of carbonyl (C=O) groups excluding carboxylic acids is 1. The Bertz CT molecular complexity index is 453. The lowest BCUT2D eigenvalue weighted by Gasteiger charge is -2.35. The number of hydrogen-bond donors (Lipinski definition) is 1. The molecule has 2 fully saturated rings. The summed E-state index contributed by atoms with van der Waals surface area (Å²) >= 11 is 0. The second-order valence-corrected chi connectivity index (χ2v) is 5.00. The van der Waals surface area contributed by atoms with Gasteiger partial charge in [0.05, 0.1) is 12.7 Å². The van der Waals surface area contributed by atoms with Crippen LogP contribution in [0, 0.1) is 5.92 Å². The molecule has 2 heterocycles. The van der Waals surface area contributed by atoms with Gasteiger partial charge in [-0.3, -0.25) is 4.79 Å². The van der Waals surface area contributed by atoms with Crippen LogP contribution in [-0.4, -0.2) is 46.7 Å². The predicted octanol–water partition coefficient (Wildman–Crippen LogP) is 0.687. The Morgan fingerprint density at radius 2 is 2.28 bits per heavy atom. The lowest BCUT2D eigenvalue weighted by molar-refractivity contribution is 0.00586. The average Bonchev–Trinajstić information content (AvgIpc) is 3.16. The maximum absolute atomic E-state index is 12.0. The fraction of sp³-hybridized carbons (Fsp3) is 0.538. The van der Waals surface area contributed by atoms with Crippen molar-refractivity contribution >= 4 is 5.91 Å². The highest BCUT2D eigenvalue weighted by atomic mass is 16.5. The molecule has 1 aromatic heterocycles. The second kappa shape index (κ2) is 4.57. The van der Waals surface area contributed by atoms with Gasteiger partial charge in [-0.2, -0.15) is 0 Å². The molecule has 1 aliphatic carbocycles. The molecular weight excluding hydrogens is 232 g/mol. The summed E-state index contributed by atoms with van der Waals surface area (Å²) < 4.78 is 5.54. The van der Waals surface area contributed by atoms with Crippen molar-refractivity contribution in [3.63, 3.8) is 0 Å². The molecule has 1 saturated carbocycles. The van der Waals surface area contributed by atoms with Crippen LogP contribution in [0.3, 0.4) is 0 Å². The lowest BCUT2D eigenvalue weighted by atomic mass is 10.1. The van der Waals surface area contributed by atoms with Crippen LogP contribution >= 0.6 is 0 Å². The quantitative estimate of drug-likeness (QED) is 0.851. The van der Waals surface area contributed by atoms with Crippen molar-refractivity contribution < 1.29 is 14.6 Å². The number of aromatic nitrogens is 1. The molecule has 5 nitrogen and oxygen atoms in total. The fourth-order valence-electron chi connectivity index (χ4n) is 1.91.